The van der Waals surface area contributed by atoms with Crippen LogP contribution in [0.25, 0.3) is 0 Å². The van der Waals surface area contributed by atoms with E-state index in [1.807, 2.05) is 43.3 Å². The van der Waals surface area contributed by atoms with Gasteiger partial charge in [-0.25, -0.2) is 0 Å². The molecule has 5 heteroatoms. The molecule has 0 aliphatic carbocycles. The molecule has 0 amide bonds. The number of hydrogen-bond donors (Lipinski definition) is 1. The van der Waals surface area contributed by atoms with Gasteiger partial charge in [-0.1, -0.05) is 53.5 Å². The summed E-state index contributed by atoms with van der Waals surface area (Å²) in [6.45, 7) is 4.10. The first-order chi connectivity index (χ1) is 13.2. The molecule has 140 valence electrons. The largest absolute Gasteiger partial charge is 0.494 e. The van der Waals surface area contributed by atoms with Crippen LogP contribution in [0.1, 0.15) is 18.1 Å². The molecule has 0 saturated heterocycles. The molecule has 0 aliphatic heterocycles. The summed E-state index contributed by atoms with van der Waals surface area (Å²) in [5, 5.41) is 4.43. The highest BCUT2D eigenvalue weighted by Crippen LogP contribution is 2.29. The molecule has 0 radical (unpaired) electrons. The maximum atomic E-state index is 6.04. The normalized spacial score (nSPS) is 10.6. The molecule has 0 aliphatic rings. The third-order valence-corrected chi connectivity index (χ3v) is 4.68. The van der Waals surface area contributed by atoms with E-state index in [0.29, 0.717) is 22.4 Å². The van der Waals surface area contributed by atoms with Crippen LogP contribution < -0.4 is 14.8 Å². The second kappa shape index (κ2) is 9.65. The van der Waals surface area contributed by atoms with E-state index in [4.69, 9.17) is 32.7 Å². The Bertz CT molecular complexity index is 899. The van der Waals surface area contributed by atoms with Crippen molar-refractivity contribution in [2.45, 2.75) is 20.0 Å². The van der Waals surface area contributed by atoms with Crippen LogP contribution in [-0.4, -0.2) is 6.61 Å². The Morgan fingerprint density at radius 1 is 0.815 bits per heavy atom. The summed E-state index contributed by atoms with van der Waals surface area (Å²) in [5.41, 5.74) is 2.27. The Balaban J connectivity index is 1.60. The van der Waals surface area contributed by atoms with Gasteiger partial charge in [-0.2, -0.15) is 0 Å². The zero-order valence-corrected chi connectivity index (χ0v) is 16.6. The molecule has 0 bridgehead atoms. The molecule has 0 atom stereocenters. The van der Waals surface area contributed by atoms with Crippen LogP contribution in [-0.2, 0) is 13.1 Å². The minimum atomic E-state index is 0.472. The van der Waals surface area contributed by atoms with Gasteiger partial charge >= 0.3 is 0 Å². The zero-order valence-electron chi connectivity index (χ0n) is 15.0. The maximum absolute atomic E-state index is 6.04. The van der Waals surface area contributed by atoms with Crippen molar-refractivity contribution in [2.75, 3.05) is 6.61 Å². The minimum Gasteiger partial charge on any atom is -0.494 e. The summed E-state index contributed by atoms with van der Waals surface area (Å²) in [6, 6.07) is 21.2. The number of para-hydroxylation sites is 1. The summed E-state index contributed by atoms with van der Waals surface area (Å²) in [4.78, 5) is 0. The minimum absolute atomic E-state index is 0.472. The smallest absolute Gasteiger partial charge is 0.129 e. The lowest BCUT2D eigenvalue weighted by molar-refractivity contribution is 0.335. The van der Waals surface area contributed by atoms with Gasteiger partial charge < -0.3 is 14.8 Å². The topological polar surface area (TPSA) is 30.5 Å². The lowest BCUT2D eigenvalue weighted by atomic mass is 10.2. The van der Waals surface area contributed by atoms with E-state index in [1.165, 1.54) is 0 Å². The standard InChI is InChI=1S/C22H21Cl2NO2/c1-2-26-22-9-4-3-7-17(22)15-25-14-16-6-5-8-18(12-16)27-19-10-11-20(23)21(24)13-19/h3-13,25H,2,14-15H2,1H3. The Morgan fingerprint density at radius 2 is 1.63 bits per heavy atom. The van der Waals surface area contributed by atoms with Crippen molar-refractivity contribution in [3.63, 3.8) is 0 Å². The monoisotopic (exact) mass is 401 g/mol. The molecule has 0 fully saturated rings. The highest BCUT2D eigenvalue weighted by molar-refractivity contribution is 6.42. The number of halogens is 2. The van der Waals surface area contributed by atoms with E-state index in [1.54, 1.807) is 18.2 Å². The van der Waals surface area contributed by atoms with E-state index in [-0.39, 0.29) is 0 Å². The van der Waals surface area contributed by atoms with Crippen molar-refractivity contribution in [3.05, 3.63) is 87.9 Å². The highest BCUT2D eigenvalue weighted by atomic mass is 35.5. The summed E-state index contributed by atoms with van der Waals surface area (Å²) in [6.07, 6.45) is 0. The molecule has 3 nitrogen and oxygen atoms in total. The number of rotatable bonds is 8. The lowest BCUT2D eigenvalue weighted by Crippen LogP contribution is -2.13. The van der Waals surface area contributed by atoms with Gasteiger partial charge in [0.25, 0.3) is 0 Å². The van der Waals surface area contributed by atoms with Gasteiger partial charge in [-0.3, -0.25) is 0 Å². The van der Waals surface area contributed by atoms with E-state index >= 15 is 0 Å². The molecule has 3 aromatic rings. The summed E-state index contributed by atoms with van der Waals surface area (Å²) < 4.78 is 11.5. The summed E-state index contributed by atoms with van der Waals surface area (Å²) >= 11 is 12.0. The Morgan fingerprint density at radius 3 is 2.44 bits per heavy atom. The predicted molar refractivity (Wildman–Crippen MR) is 111 cm³/mol. The van der Waals surface area contributed by atoms with E-state index < -0.39 is 0 Å². The van der Waals surface area contributed by atoms with Gasteiger partial charge in [-0.15, -0.1) is 0 Å². The highest BCUT2D eigenvalue weighted by Gasteiger charge is 2.04. The number of hydrogen-bond acceptors (Lipinski definition) is 3. The van der Waals surface area contributed by atoms with Gasteiger partial charge in [0.15, 0.2) is 0 Å². The molecule has 0 unspecified atom stereocenters. The van der Waals surface area contributed by atoms with Gasteiger partial charge in [0.05, 0.1) is 16.7 Å². The van der Waals surface area contributed by atoms with Crippen LogP contribution in [0.5, 0.6) is 17.2 Å². The SMILES string of the molecule is CCOc1ccccc1CNCc1cccc(Oc2ccc(Cl)c(Cl)c2)c1. The maximum Gasteiger partial charge on any atom is 0.129 e. The molecule has 27 heavy (non-hydrogen) atoms. The number of benzene rings is 3. The first kappa shape index (κ1) is 19.6. The van der Waals surface area contributed by atoms with Crippen molar-refractivity contribution in [1.82, 2.24) is 5.32 Å². The number of nitrogens with one attached hydrogen (secondary N) is 1. The summed E-state index contributed by atoms with van der Waals surface area (Å²) in [7, 11) is 0. The van der Waals surface area contributed by atoms with Crippen molar-refractivity contribution < 1.29 is 9.47 Å². The quantitative estimate of drug-likeness (QED) is 0.468. The predicted octanol–water partition coefficient (Wildman–Crippen LogP) is 6.47. The van der Waals surface area contributed by atoms with Gasteiger partial charge in [0, 0.05) is 24.7 Å². The average molecular weight is 402 g/mol. The van der Waals surface area contributed by atoms with E-state index in [0.717, 1.165) is 35.7 Å². The van der Waals surface area contributed by atoms with Crippen molar-refractivity contribution >= 4 is 23.2 Å². The molecule has 0 saturated carbocycles. The average Bonchev–Trinajstić information content (AvgIpc) is 2.67. The first-order valence-corrected chi connectivity index (χ1v) is 9.54. The van der Waals surface area contributed by atoms with Gasteiger partial charge in [0.2, 0.25) is 0 Å². The Kier molecular flexibility index (Phi) is 6.99. The van der Waals surface area contributed by atoms with Crippen molar-refractivity contribution in [3.8, 4) is 17.2 Å². The fourth-order valence-corrected chi connectivity index (χ4v) is 2.97. The zero-order chi connectivity index (χ0) is 19.1. The Labute approximate surface area is 169 Å². The Hall–Kier alpha value is -2.20. The summed E-state index contributed by atoms with van der Waals surface area (Å²) in [5.74, 6) is 2.33. The van der Waals surface area contributed by atoms with Crippen LogP contribution >= 0.6 is 23.2 Å². The molecule has 3 aromatic carbocycles. The molecule has 3 rings (SSSR count). The third kappa shape index (κ3) is 5.64. The number of ether oxygens (including phenoxy) is 2. The lowest BCUT2D eigenvalue weighted by Gasteiger charge is -2.12. The fraction of sp³-hybridized carbons (Fsp3) is 0.182. The molecule has 0 aromatic heterocycles. The molecular formula is C22H21Cl2NO2. The van der Waals surface area contributed by atoms with Crippen LogP contribution in [0.4, 0.5) is 0 Å². The molecule has 0 heterocycles. The molecule has 1 N–H and O–H groups in total. The van der Waals surface area contributed by atoms with Gasteiger partial charge in [-0.05, 0) is 42.8 Å². The van der Waals surface area contributed by atoms with Crippen molar-refractivity contribution in [1.29, 1.82) is 0 Å². The second-order valence-electron chi connectivity index (χ2n) is 5.97. The fourth-order valence-electron chi connectivity index (χ4n) is 2.68. The van der Waals surface area contributed by atoms with Crippen LogP contribution in [0, 0.1) is 0 Å². The van der Waals surface area contributed by atoms with Crippen LogP contribution in [0.15, 0.2) is 66.7 Å². The van der Waals surface area contributed by atoms with E-state index in [2.05, 4.69) is 17.4 Å². The van der Waals surface area contributed by atoms with Gasteiger partial charge in [0.1, 0.15) is 17.2 Å². The molecular weight excluding hydrogens is 381 g/mol. The van der Waals surface area contributed by atoms with E-state index in [9.17, 15) is 0 Å². The van der Waals surface area contributed by atoms with Crippen molar-refractivity contribution in [2.24, 2.45) is 0 Å². The third-order valence-electron chi connectivity index (χ3n) is 3.94. The molecule has 0 spiro atoms. The van der Waals surface area contributed by atoms with Crippen LogP contribution in [0.2, 0.25) is 10.0 Å². The second-order valence-corrected chi connectivity index (χ2v) is 6.78. The first-order valence-electron chi connectivity index (χ1n) is 8.79. The van der Waals surface area contributed by atoms with Crippen LogP contribution in [0.3, 0.4) is 0 Å².